The lowest BCUT2D eigenvalue weighted by molar-refractivity contribution is 0.126. The molecule has 168 valence electrons. The van der Waals surface area contributed by atoms with Gasteiger partial charge in [0.15, 0.2) is 0 Å². The lowest BCUT2D eigenvalue weighted by atomic mass is 10.2. The molecule has 7 nitrogen and oxygen atoms in total. The number of halogens is 1. The van der Waals surface area contributed by atoms with E-state index in [0.717, 1.165) is 45.7 Å². The van der Waals surface area contributed by atoms with Crippen LogP contribution in [0.15, 0.2) is 42.5 Å². The van der Waals surface area contributed by atoms with E-state index in [1.54, 1.807) is 12.1 Å². The van der Waals surface area contributed by atoms with Gasteiger partial charge in [-0.3, -0.25) is 4.90 Å². The summed E-state index contributed by atoms with van der Waals surface area (Å²) in [5.41, 5.74) is 1.87. The van der Waals surface area contributed by atoms with Crippen molar-refractivity contribution in [1.82, 2.24) is 15.1 Å². The molecule has 0 bridgehead atoms. The number of hydrogen-bond donors (Lipinski definition) is 2. The highest BCUT2D eigenvalue weighted by Gasteiger charge is 2.17. The average molecular weight is 447 g/mol. The van der Waals surface area contributed by atoms with Crippen molar-refractivity contribution >= 4 is 23.3 Å². The Balaban J connectivity index is 1.34. The van der Waals surface area contributed by atoms with Crippen LogP contribution in [0.1, 0.15) is 12.0 Å². The predicted octanol–water partition coefficient (Wildman–Crippen LogP) is 3.69. The number of nitrogens with zero attached hydrogens (tertiary/aromatic N) is 2. The van der Waals surface area contributed by atoms with Crippen molar-refractivity contribution in [3.63, 3.8) is 0 Å². The summed E-state index contributed by atoms with van der Waals surface area (Å²) in [5.74, 6) is 0.957. The van der Waals surface area contributed by atoms with Gasteiger partial charge in [-0.05, 0) is 18.5 Å². The van der Waals surface area contributed by atoms with Crippen molar-refractivity contribution in [3.05, 3.63) is 53.1 Å². The fourth-order valence-corrected chi connectivity index (χ4v) is 3.87. The summed E-state index contributed by atoms with van der Waals surface area (Å²) in [4.78, 5) is 17.2. The van der Waals surface area contributed by atoms with E-state index in [9.17, 15) is 4.79 Å². The molecule has 2 aromatic rings. The van der Waals surface area contributed by atoms with Crippen LogP contribution in [0.3, 0.4) is 0 Å². The second-order valence-corrected chi connectivity index (χ2v) is 7.93. The number of piperazine rings is 1. The smallest absolute Gasteiger partial charge is 0.319 e. The van der Waals surface area contributed by atoms with Crippen molar-refractivity contribution in [2.45, 2.75) is 13.0 Å². The third-order valence-electron chi connectivity index (χ3n) is 5.37. The van der Waals surface area contributed by atoms with Gasteiger partial charge < -0.3 is 25.0 Å². The lowest BCUT2D eigenvalue weighted by Crippen LogP contribution is -2.46. The number of urea groups is 1. The van der Waals surface area contributed by atoms with Gasteiger partial charge in [0.05, 0.1) is 24.9 Å². The maximum absolute atomic E-state index is 12.3. The summed E-state index contributed by atoms with van der Waals surface area (Å²) in [5, 5.41) is 6.12. The summed E-state index contributed by atoms with van der Waals surface area (Å²) in [6, 6.07) is 13.6. The Bertz CT molecular complexity index is 842. The fourth-order valence-electron chi connectivity index (χ4n) is 3.64. The lowest BCUT2D eigenvalue weighted by Gasteiger charge is -2.34. The molecule has 1 fully saturated rings. The highest BCUT2D eigenvalue weighted by Crippen LogP contribution is 2.35. The highest BCUT2D eigenvalue weighted by atomic mass is 35.5. The number of nitrogens with one attached hydrogen (secondary N) is 2. The number of anilines is 1. The van der Waals surface area contributed by atoms with Gasteiger partial charge >= 0.3 is 6.03 Å². The zero-order valence-electron chi connectivity index (χ0n) is 18.2. The molecule has 0 radical (unpaired) electrons. The first kappa shape index (κ1) is 23.2. The van der Waals surface area contributed by atoms with E-state index in [1.165, 1.54) is 19.8 Å². The highest BCUT2D eigenvalue weighted by molar-refractivity contribution is 6.32. The molecule has 0 spiro atoms. The van der Waals surface area contributed by atoms with Crippen molar-refractivity contribution < 1.29 is 14.3 Å². The van der Waals surface area contributed by atoms with Gasteiger partial charge in [0.2, 0.25) is 0 Å². The number of methoxy groups -OCH3 is 2. The first-order valence-corrected chi connectivity index (χ1v) is 10.9. The van der Waals surface area contributed by atoms with Crippen LogP contribution in [-0.2, 0) is 6.54 Å². The first-order valence-electron chi connectivity index (χ1n) is 10.5. The zero-order chi connectivity index (χ0) is 22.1. The van der Waals surface area contributed by atoms with Gasteiger partial charge in [0, 0.05) is 51.4 Å². The van der Waals surface area contributed by atoms with Crippen LogP contribution < -0.4 is 20.1 Å². The van der Waals surface area contributed by atoms with Crippen molar-refractivity contribution in [2.75, 3.05) is 58.8 Å². The first-order chi connectivity index (χ1) is 15.1. The second kappa shape index (κ2) is 11.8. The number of carbonyl (C=O) groups excluding carboxylic acids is 1. The Morgan fingerprint density at radius 2 is 1.68 bits per heavy atom. The molecule has 1 aliphatic heterocycles. The summed E-state index contributed by atoms with van der Waals surface area (Å²) in [7, 11) is 3.06. The van der Waals surface area contributed by atoms with E-state index in [-0.39, 0.29) is 6.03 Å². The molecule has 8 heteroatoms. The minimum Gasteiger partial charge on any atom is -0.495 e. The SMILES string of the molecule is COc1cc(NC(=O)NCCCN2CCN(Cc3ccccc3)CC2)c(OC)cc1Cl. The minimum absolute atomic E-state index is 0.282. The number of rotatable bonds is 9. The van der Waals surface area contributed by atoms with E-state index < -0.39 is 0 Å². The molecule has 3 rings (SSSR count). The van der Waals surface area contributed by atoms with Gasteiger partial charge in [-0.15, -0.1) is 0 Å². The molecule has 0 unspecified atom stereocenters. The van der Waals surface area contributed by atoms with Crippen molar-refractivity contribution in [1.29, 1.82) is 0 Å². The summed E-state index contributed by atoms with van der Waals surface area (Å²) in [6.45, 7) is 6.83. The van der Waals surface area contributed by atoms with Crippen LogP contribution in [0.5, 0.6) is 11.5 Å². The summed E-state index contributed by atoms with van der Waals surface area (Å²) >= 11 is 6.10. The number of amides is 2. The number of carbonyl (C=O) groups is 1. The molecule has 0 aliphatic carbocycles. The van der Waals surface area contributed by atoms with Gasteiger partial charge in [-0.1, -0.05) is 41.9 Å². The van der Waals surface area contributed by atoms with Crippen LogP contribution >= 0.6 is 11.6 Å². The molecule has 2 aromatic carbocycles. The molecule has 2 N–H and O–H groups in total. The Labute approximate surface area is 189 Å². The second-order valence-electron chi connectivity index (χ2n) is 7.52. The molecule has 0 saturated carbocycles. The van der Waals surface area contributed by atoms with Crippen LogP contribution in [-0.4, -0.2) is 69.3 Å². The number of ether oxygens (including phenoxy) is 2. The van der Waals surface area contributed by atoms with Crippen LogP contribution in [0.25, 0.3) is 0 Å². The Kier molecular flexibility index (Phi) is 8.82. The van der Waals surface area contributed by atoms with E-state index in [2.05, 4.69) is 50.8 Å². The topological polar surface area (TPSA) is 66.1 Å². The quantitative estimate of drug-likeness (QED) is 0.575. The maximum atomic E-state index is 12.3. The maximum Gasteiger partial charge on any atom is 0.319 e. The molecule has 1 saturated heterocycles. The average Bonchev–Trinajstić information content (AvgIpc) is 2.79. The third-order valence-corrected chi connectivity index (χ3v) is 5.67. The number of benzene rings is 2. The molecule has 1 heterocycles. The van der Waals surface area contributed by atoms with Gasteiger partial charge in [-0.2, -0.15) is 0 Å². The molecular weight excluding hydrogens is 416 g/mol. The third kappa shape index (κ3) is 7.02. The zero-order valence-corrected chi connectivity index (χ0v) is 19.0. The molecule has 0 atom stereocenters. The molecule has 2 amide bonds. The molecule has 1 aliphatic rings. The van der Waals surface area contributed by atoms with E-state index in [1.807, 2.05) is 0 Å². The van der Waals surface area contributed by atoms with Gasteiger partial charge in [0.25, 0.3) is 0 Å². The van der Waals surface area contributed by atoms with E-state index >= 15 is 0 Å². The van der Waals surface area contributed by atoms with Crippen LogP contribution in [0.2, 0.25) is 5.02 Å². The van der Waals surface area contributed by atoms with Gasteiger partial charge in [-0.25, -0.2) is 4.79 Å². The normalized spacial score (nSPS) is 14.8. The fraction of sp³-hybridized carbons (Fsp3) is 0.435. The largest absolute Gasteiger partial charge is 0.495 e. The molecular formula is C23H31ClN4O3. The van der Waals surface area contributed by atoms with E-state index in [0.29, 0.717) is 28.8 Å². The Morgan fingerprint density at radius 1 is 1.00 bits per heavy atom. The van der Waals surface area contributed by atoms with Crippen molar-refractivity contribution in [3.8, 4) is 11.5 Å². The summed E-state index contributed by atoms with van der Waals surface area (Å²) < 4.78 is 10.5. The Hall–Kier alpha value is -2.48. The predicted molar refractivity (Wildman–Crippen MR) is 124 cm³/mol. The summed E-state index contributed by atoms with van der Waals surface area (Å²) in [6.07, 6.45) is 0.896. The van der Waals surface area contributed by atoms with E-state index in [4.69, 9.17) is 21.1 Å². The standard InChI is InChI=1S/C23H31ClN4O3/c1-30-21-16-20(22(31-2)15-19(21)24)26-23(29)25-9-6-10-27-11-13-28(14-12-27)17-18-7-4-3-5-8-18/h3-5,7-8,15-16H,6,9-14,17H2,1-2H3,(H2,25,26,29). The van der Waals surface area contributed by atoms with Gasteiger partial charge in [0.1, 0.15) is 11.5 Å². The van der Waals surface area contributed by atoms with Crippen LogP contribution in [0.4, 0.5) is 10.5 Å². The monoisotopic (exact) mass is 446 g/mol. The van der Waals surface area contributed by atoms with Crippen molar-refractivity contribution in [2.24, 2.45) is 0 Å². The molecule has 0 aromatic heterocycles. The van der Waals surface area contributed by atoms with Crippen LogP contribution in [0, 0.1) is 0 Å². The Morgan fingerprint density at radius 3 is 2.35 bits per heavy atom. The minimum atomic E-state index is -0.282. The molecule has 31 heavy (non-hydrogen) atoms. The number of hydrogen-bond acceptors (Lipinski definition) is 5.